The van der Waals surface area contributed by atoms with Crippen molar-refractivity contribution in [1.29, 1.82) is 0 Å². The van der Waals surface area contributed by atoms with Gasteiger partial charge in [-0.2, -0.15) is 9.97 Å². The van der Waals surface area contributed by atoms with E-state index in [0.717, 1.165) is 80.5 Å². The zero-order valence-corrected chi connectivity index (χ0v) is 32.5. The number of anilines is 1. The van der Waals surface area contributed by atoms with E-state index in [1.54, 1.807) is 13.3 Å². The SMILES string of the molecule is CCc1cccc2cc(OCOC)cc(-c3ncc4c(N5CC6CCCC5CN6C(=O)OC(C)(C)C)nc(OC[C@]56CCCN5[C@H](C=O)CC6)nc4c3F)c12. The van der Waals surface area contributed by atoms with Crippen LogP contribution in [0.25, 0.3) is 32.9 Å². The molecule has 2 aromatic heterocycles. The molecule has 0 N–H and O–H groups in total. The molecule has 2 bridgehead atoms. The first-order chi connectivity index (χ1) is 26.5. The average molecular weight is 755 g/mol. The normalized spacial score (nSPS) is 24.0. The minimum atomic E-state index is -0.615. The summed E-state index contributed by atoms with van der Waals surface area (Å²) in [6.07, 6.45) is 9.22. The van der Waals surface area contributed by atoms with Crippen molar-refractivity contribution in [2.45, 2.75) is 108 Å². The topological polar surface area (TPSA) is 119 Å². The Kier molecular flexibility index (Phi) is 10.0. The Bertz CT molecular complexity index is 2110. The Morgan fingerprint density at radius 1 is 1.05 bits per heavy atom. The van der Waals surface area contributed by atoms with E-state index in [0.29, 0.717) is 42.2 Å². The number of aryl methyl sites for hydroxylation is 1. The number of fused-ring (bicyclic) bond motifs is 7. The number of aldehydes is 1. The van der Waals surface area contributed by atoms with E-state index in [2.05, 4.69) is 16.7 Å². The highest BCUT2D eigenvalue weighted by atomic mass is 19.1. The van der Waals surface area contributed by atoms with Crippen LogP contribution in [0, 0.1) is 5.82 Å². The molecular formula is C42H51FN6O6. The molecule has 7 heterocycles. The second-order valence-corrected chi connectivity index (χ2v) is 16.5. The molecule has 4 atom stereocenters. The maximum Gasteiger partial charge on any atom is 0.410 e. The molecule has 0 saturated carbocycles. The van der Waals surface area contributed by atoms with Gasteiger partial charge in [-0.25, -0.2) is 9.18 Å². The Morgan fingerprint density at radius 2 is 1.89 bits per heavy atom. The minimum Gasteiger partial charge on any atom is -0.468 e. The summed E-state index contributed by atoms with van der Waals surface area (Å²) in [6.45, 7) is 9.84. The molecule has 12 nitrogen and oxygen atoms in total. The van der Waals surface area contributed by atoms with E-state index in [-0.39, 0.29) is 53.8 Å². The zero-order chi connectivity index (χ0) is 38.5. The summed E-state index contributed by atoms with van der Waals surface area (Å²) in [6, 6.07) is 9.52. The lowest BCUT2D eigenvalue weighted by Gasteiger charge is -2.44. The summed E-state index contributed by atoms with van der Waals surface area (Å²) in [7, 11) is 1.56. The Hall–Kier alpha value is -4.62. The molecule has 0 radical (unpaired) electrons. The van der Waals surface area contributed by atoms with Crippen LogP contribution in [0.4, 0.5) is 15.0 Å². The molecule has 4 aromatic rings. The molecule has 9 rings (SSSR count). The Morgan fingerprint density at radius 3 is 2.67 bits per heavy atom. The van der Waals surface area contributed by atoms with Gasteiger partial charge >= 0.3 is 12.1 Å². The second kappa shape index (κ2) is 14.8. The van der Waals surface area contributed by atoms with Gasteiger partial charge in [-0.15, -0.1) is 0 Å². The number of methoxy groups -OCH3 is 1. The van der Waals surface area contributed by atoms with Gasteiger partial charge in [0.1, 0.15) is 41.3 Å². The fourth-order valence-corrected chi connectivity index (χ4v) is 9.38. The number of hydrogen-bond acceptors (Lipinski definition) is 11. The van der Waals surface area contributed by atoms with E-state index in [1.807, 2.05) is 56.0 Å². The smallest absolute Gasteiger partial charge is 0.410 e. The molecule has 1 amide bonds. The lowest BCUT2D eigenvalue weighted by atomic mass is 9.95. The maximum absolute atomic E-state index is 17.5. The first kappa shape index (κ1) is 37.3. The summed E-state index contributed by atoms with van der Waals surface area (Å²) in [5.41, 5.74) is 1.00. The molecular weight excluding hydrogens is 703 g/mol. The predicted octanol–water partition coefficient (Wildman–Crippen LogP) is 7.08. The fraction of sp³-hybridized carbons (Fsp3) is 0.548. The van der Waals surface area contributed by atoms with Crippen LogP contribution in [0.1, 0.15) is 78.2 Å². The number of carbonyl (C=O) groups is 2. The van der Waals surface area contributed by atoms with Crippen LogP contribution in [-0.4, -0.2) is 107 Å². The number of rotatable bonds is 10. The molecule has 292 valence electrons. The van der Waals surface area contributed by atoms with Gasteiger partial charge < -0.3 is 33.5 Å². The average Bonchev–Trinajstić information content (AvgIpc) is 3.58. The van der Waals surface area contributed by atoms with Crippen LogP contribution in [0.5, 0.6) is 11.8 Å². The van der Waals surface area contributed by atoms with Gasteiger partial charge in [0.05, 0.1) is 23.0 Å². The van der Waals surface area contributed by atoms with Crippen LogP contribution in [-0.2, 0) is 20.7 Å². The molecule has 5 aliphatic heterocycles. The molecule has 0 spiro atoms. The van der Waals surface area contributed by atoms with E-state index in [9.17, 15) is 9.59 Å². The number of nitrogens with zero attached hydrogens (tertiary/aromatic N) is 6. The third-order valence-electron chi connectivity index (χ3n) is 11.9. The van der Waals surface area contributed by atoms with E-state index >= 15 is 4.39 Å². The number of pyridine rings is 1. The van der Waals surface area contributed by atoms with Crippen molar-refractivity contribution in [3.05, 3.63) is 47.9 Å². The standard InChI is InChI=1S/C42H51FN6O6/c1-6-26-10-7-11-27-18-31(54-25-52-5)19-32(34(26)27)36-35(43)37-33(20-44-36)38(46-39(45-37)53-24-42-15-9-17-49(42)30(23-50)14-16-42)47-21-29-13-8-12-28(47)22-48(29)40(51)55-41(2,3)4/h7,10-11,18-20,23,28-30H,6,8-9,12-17,21-22,24-25H2,1-5H3/t28?,29?,30-,42+/m0/s1. The number of piperazine rings is 1. The molecule has 2 aromatic carbocycles. The first-order valence-corrected chi connectivity index (χ1v) is 19.7. The van der Waals surface area contributed by atoms with Crippen molar-refractivity contribution in [2.24, 2.45) is 0 Å². The van der Waals surface area contributed by atoms with Crippen LogP contribution in [0.3, 0.4) is 0 Å². The quantitative estimate of drug-likeness (QED) is 0.122. The van der Waals surface area contributed by atoms with Crippen LogP contribution in [0.2, 0.25) is 0 Å². The summed E-state index contributed by atoms with van der Waals surface area (Å²) in [5, 5.41) is 2.27. The van der Waals surface area contributed by atoms with Gasteiger partial charge in [-0.1, -0.05) is 25.1 Å². The van der Waals surface area contributed by atoms with E-state index in [4.69, 9.17) is 33.9 Å². The highest BCUT2D eigenvalue weighted by molar-refractivity contribution is 6.01. The molecule has 13 heteroatoms. The highest BCUT2D eigenvalue weighted by Crippen LogP contribution is 2.44. The molecule has 5 aliphatic rings. The van der Waals surface area contributed by atoms with Gasteiger partial charge in [-0.3, -0.25) is 9.88 Å². The predicted molar refractivity (Wildman–Crippen MR) is 207 cm³/mol. The van der Waals surface area contributed by atoms with Gasteiger partial charge in [-0.05, 0) is 107 Å². The third-order valence-corrected chi connectivity index (χ3v) is 11.9. The minimum absolute atomic E-state index is 0.0409. The monoisotopic (exact) mass is 754 g/mol. The zero-order valence-electron chi connectivity index (χ0n) is 32.5. The number of benzene rings is 2. The largest absolute Gasteiger partial charge is 0.468 e. The third kappa shape index (κ3) is 6.94. The molecule has 2 unspecified atom stereocenters. The Labute approximate surface area is 321 Å². The summed E-state index contributed by atoms with van der Waals surface area (Å²) < 4.78 is 40.9. The summed E-state index contributed by atoms with van der Waals surface area (Å²) in [5.74, 6) is 0.486. The number of aromatic nitrogens is 3. The van der Waals surface area contributed by atoms with Crippen molar-refractivity contribution in [3.8, 4) is 23.0 Å². The van der Waals surface area contributed by atoms with Crippen molar-refractivity contribution < 1.29 is 32.9 Å². The van der Waals surface area contributed by atoms with Gasteiger partial charge in [0.15, 0.2) is 12.6 Å². The number of carbonyl (C=O) groups excluding carboxylic acids is 2. The van der Waals surface area contributed by atoms with Gasteiger partial charge in [0, 0.05) is 38.0 Å². The number of amides is 1. The van der Waals surface area contributed by atoms with E-state index in [1.165, 1.54) is 0 Å². The number of ether oxygens (including phenoxy) is 4. The number of hydrogen-bond donors (Lipinski definition) is 0. The molecule has 5 saturated heterocycles. The molecule has 0 aliphatic carbocycles. The van der Waals surface area contributed by atoms with Crippen molar-refractivity contribution in [2.75, 3.05) is 45.0 Å². The summed E-state index contributed by atoms with van der Waals surface area (Å²) in [4.78, 5) is 46.3. The lowest BCUT2D eigenvalue weighted by Crippen LogP contribution is -2.59. The summed E-state index contributed by atoms with van der Waals surface area (Å²) >= 11 is 0. The van der Waals surface area contributed by atoms with Crippen LogP contribution >= 0.6 is 0 Å². The van der Waals surface area contributed by atoms with Crippen molar-refractivity contribution in [1.82, 2.24) is 24.8 Å². The van der Waals surface area contributed by atoms with E-state index < -0.39 is 11.4 Å². The first-order valence-electron chi connectivity index (χ1n) is 19.7. The fourth-order valence-electron chi connectivity index (χ4n) is 9.38. The molecule has 55 heavy (non-hydrogen) atoms. The lowest BCUT2D eigenvalue weighted by molar-refractivity contribution is -0.112. The van der Waals surface area contributed by atoms with Crippen molar-refractivity contribution in [3.63, 3.8) is 0 Å². The van der Waals surface area contributed by atoms with Crippen LogP contribution in [0.15, 0.2) is 36.5 Å². The Balaban J connectivity index is 1.24. The van der Waals surface area contributed by atoms with Gasteiger partial charge in [0.25, 0.3) is 0 Å². The van der Waals surface area contributed by atoms with Crippen molar-refractivity contribution >= 4 is 39.9 Å². The van der Waals surface area contributed by atoms with Crippen LogP contribution < -0.4 is 14.4 Å². The number of halogens is 1. The van der Waals surface area contributed by atoms with Gasteiger partial charge in [0.2, 0.25) is 0 Å². The molecule has 5 fully saturated rings. The second-order valence-electron chi connectivity index (χ2n) is 16.5. The maximum atomic E-state index is 17.5. The highest BCUT2D eigenvalue weighted by Gasteiger charge is 2.50.